The second kappa shape index (κ2) is 3.79. The minimum absolute atomic E-state index is 0.326. The van der Waals surface area contributed by atoms with Crippen LogP contribution in [-0.4, -0.2) is 0 Å². The fourth-order valence-corrected chi connectivity index (χ4v) is 1.96. The molecule has 0 saturated heterocycles. The first-order valence-corrected chi connectivity index (χ1v) is 5.40. The van der Waals surface area contributed by atoms with Crippen LogP contribution >= 0.6 is 11.6 Å². The average molecular weight is 247 g/mol. The van der Waals surface area contributed by atoms with Crippen molar-refractivity contribution in [3.63, 3.8) is 0 Å². The molecule has 17 heavy (non-hydrogen) atoms. The van der Waals surface area contributed by atoms with E-state index in [9.17, 15) is 4.79 Å². The zero-order chi connectivity index (χ0) is 11.8. The lowest BCUT2D eigenvalue weighted by Crippen LogP contribution is -1.91. The first kappa shape index (κ1) is 10.2. The Morgan fingerprint density at radius 2 is 1.71 bits per heavy atom. The largest absolute Gasteiger partial charge is 0.519 e. The molecule has 0 aliphatic rings. The van der Waals surface area contributed by atoms with E-state index in [0.717, 1.165) is 10.8 Å². The Labute approximate surface area is 101 Å². The van der Waals surface area contributed by atoms with E-state index in [2.05, 4.69) is 0 Å². The lowest BCUT2D eigenvalue weighted by molar-refractivity contribution is 0.375. The molecule has 0 radical (unpaired) electrons. The SMILES string of the molecule is O=c1oc2ccc(cc2)c2cccc(Cl)c2o1. The molecule has 0 spiro atoms. The molecule has 0 saturated carbocycles. The maximum Gasteiger partial charge on any atom is 0.519 e. The third-order valence-corrected chi connectivity index (χ3v) is 2.82. The smallest absolute Gasteiger partial charge is 0.395 e. The Kier molecular flexibility index (Phi) is 2.27. The molecular formula is C13H7ClO3. The number of halogens is 1. The average Bonchev–Trinajstić information content (AvgIpc) is 2.42. The minimum atomic E-state index is -0.785. The summed E-state index contributed by atoms with van der Waals surface area (Å²) in [6, 6.07) is 12.5. The van der Waals surface area contributed by atoms with Crippen LogP contribution in [0.5, 0.6) is 0 Å². The van der Waals surface area contributed by atoms with Crippen molar-refractivity contribution >= 4 is 33.5 Å². The van der Waals surface area contributed by atoms with E-state index < -0.39 is 5.82 Å². The third kappa shape index (κ3) is 1.74. The van der Waals surface area contributed by atoms with Gasteiger partial charge < -0.3 is 8.83 Å². The Balaban J connectivity index is 2.72. The predicted octanol–water partition coefficient (Wildman–Crippen LogP) is 3.75. The second-order valence-electron chi connectivity index (χ2n) is 3.60. The molecule has 0 N–H and O–H groups in total. The van der Waals surface area contributed by atoms with Crippen LogP contribution < -0.4 is 5.82 Å². The van der Waals surface area contributed by atoms with Crippen molar-refractivity contribution in [1.82, 2.24) is 0 Å². The summed E-state index contributed by atoms with van der Waals surface area (Å²) in [5.41, 5.74) is 0.772. The van der Waals surface area contributed by atoms with Crippen LogP contribution in [0.2, 0.25) is 5.02 Å². The molecule has 2 heterocycles. The van der Waals surface area contributed by atoms with Gasteiger partial charge in [0.15, 0.2) is 5.58 Å². The highest BCUT2D eigenvalue weighted by molar-refractivity contribution is 6.35. The summed E-state index contributed by atoms with van der Waals surface area (Å²) < 4.78 is 10.1. The number of fused-ring (bicyclic) bond motifs is 4. The monoisotopic (exact) mass is 246 g/mol. The molecule has 0 unspecified atom stereocenters. The van der Waals surface area contributed by atoms with E-state index in [1.54, 1.807) is 18.2 Å². The lowest BCUT2D eigenvalue weighted by Gasteiger charge is -1.95. The summed E-state index contributed by atoms with van der Waals surface area (Å²) in [5, 5.41) is 2.07. The molecule has 0 aliphatic heterocycles. The van der Waals surface area contributed by atoms with Crippen LogP contribution in [0.1, 0.15) is 0 Å². The first-order chi connectivity index (χ1) is 8.24. The highest BCUT2D eigenvalue weighted by Crippen LogP contribution is 2.24. The Morgan fingerprint density at radius 1 is 0.941 bits per heavy atom. The van der Waals surface area contributed by atoms with Crippen molar-refractivity contribution in [2.75, 3.05) is 0 Å². The van der Waals surface area contributed by atoms with Gasteiger partial charge in [-0.2, -0.15) is 0 Å². The minimum Gasteiger partial charge on any atom is -0.395 e. The van der Waals surface area contributed by atoms with Crippen molar-refractivity contribution < 1.29 is 8.83 Å². The van der Waals surface area contributed by atoms with E-state index >= 15 is 0 Å². The van der Waals surface area contributed by atoms with Gasteiger partial charge in [0.05, 0.1) is 5.02 Å². The van der Waals surface area contributed by atoms with Gasteiger partial charge in [-0.05, 0) is 23.6 Å². The molecule has 0 fully saturated rings. The van der Waals surface area contributed by atoms with Gasteiger partial charge in [0.25, 0.3) is 0 Å². The molecule has 84 valence electrons. The van der Waals surface area contributed by atoms with Crippen LogP contribution in [-0.2, 0) is 0 Å². The molecule has 2 aromatic heterocycles. The van der Waals surface area contributed by atoms with Crippen LogP contribution in [0.3, 0.4) is 0 Å². The standard InChI is InChI=1S/C13H7ClO3/c14-11-3-1-2-10-8-4-6-9(7-5-8)16-13(15)17-12(10)11/h1-7H. The fourth-order valence-electron chi connectivity index (χ4n) is 1.74. The van der Waals surface area contributed by atoms with Crippen LogP contribution in [0.15, 0.2) is 56.1 Å². The van der Waals surface area contributed by atoms with E-state index in [0.29, 0.717) is 16.2 Å². The lowest BCUT2D eigenvalue weighted by atomic mass is 10.1. The number of rotatable bonds is 0. The molecule has 4 aromatic rings. The maximum absolute atomic E-state index is 11.5. The number of hydrogen-bond acceptors (Lipinski definition) is 3. The van der Waals surface area contributed by atoms with Gasteiger partial charge in [0, 0.05) is 5.39 Å². The van der Waals surface area contributed by atoms with E-state index in [1.807, 2.05) is 24.3 Å². The molecule has 3 nitrogen and oxygen atoms in total. The van der Waals surface area contributed by atoms with Gasteiger partial charge in [-0.15, -0.1) is 0 Å². The van der Waals surface area contributed by atoms with Gasteiger partial charge in [-0.3, -0.25) is 0 Å². The number of hydrogen-bond donors (Lipinski definition) is 0. The van der Waals surface area contributed by atoms with Crippen LogP contribution in [0, 0.1) is 0 Å². The quantitative estimate of drug-likeness (QED) is 0.607. The van der Waals surface area contributed by atoms with Crippen molar-refractivity contribution in [3.8, 4) is 0 Å². The summed E-state index contributed by atoms with van der Waals surface area (Å²) >= 11 is 6.02. The molecule has 0 amide bonds. The number of para-hydroxylation sites is 1. The summed E-state index contributed by atoms with van der Waals surface area (Å²) in [4.78, 5) is 11.5. The topological polar surface area (TPSA) is 43.4 Å². The molecule has 4 rings (SSSR count). The van der Waals surface area contributed by atoms with E-state index in [4.69, 9.17) is 20.4 Å². The fraction of sp³-hybridized carbons (Fsp3) is 0. The Morgan fingerprint density at radius 3 is 2.47 bits per heavy atom. The molecular weight excluding hydrogens is 240 g/mol. The third-order valence-electron chi connectivity index (χ3n) is 2.52. The van der Waals surface area contributed by atoms with Crippen molar-refractivity contribution in [1.29, 1.82) is 0 Å². The van der Waals surface area contributed by atoms with Gasteiger partial charge in [0.1, 0.15) is 5.58 Å². The van der Waals surface area contributed by atoms with Crippen molar-refractivity contribution in [3.05, 3.63) is 58.1 Å². The van der Waals surface area contributed by atoms with Gasteiger partial charge >= 0.3 is 5.82 Å². The Bertz CT molecular complexity index is 763. The predicted molar refractivity (Wildman–Crippen MR) is 66.1 cm³/mol. The molecule has 0 aliphatic carbocycles. The molecule has 2 aromatic carbocycles. The first-order valence-electron chi connectivity index (χ1n) is 5.02. The highest BCUT2D eigenvalue weighted by Gasteiger charge is 2.03. The zero-order valence-electron chi connectivity index (χ0n) is 8.64. The summed E-state index contributed by atoms with van der Waals surface area (Å²) in [5.74, 6) is -0.785. The highest BCUT2D eigenvalue weighted by atomic mass is 35.5. The Hall–Kier alpha value is -2.00. The number of benzene rings is 2. The summed E-state index contributed by atoms with van der Waals surface area (Å²) in [6.07, 6.45) is 0. The maximum atomic E-state index is 11.5. The second-order valence-corrected chi connectivity index (χ2v) is 4.00. The van der Waals surface area contributed by atoms with Crippen molar-refractivity contribution in [2.24, 2.45) is 0 Å². The van der Waals surface area contributed by atoms with Gasteiger partial charge in [-0.1, -0.05) is 35.9 Å². The normalized spacial score (nSPS) is 10.9. The molecule has 4 heteroatoms. The van der Waals surface area contributed by atoms with E-state index in [1.165, 1.54) is 0 Å². The van der Waals surface area contributed by atoms with Crippen LogP contribution in [0.25, 0.3) is 21.9 Å². The van der Waals surface area contributed by atoms with Gasteiger partial charge in [-0.25, -0.2) is 4.79 Å². The molecule has 2 bridgehead atoms. The van der Waals surface area contributed by atoms with Gasteiger partial charge in [0.2, 0.25) is 0 Å². The summed E-state index contributed by atoms with van der Waals surface area (Å²) in [7, 11) is 0. The van der Waals surface area contributed by atoms with E-state index in [-0.39, 0.29) is 0 Å². The summed E-state index contributed by atoms with van der Waals surface area (Å²) in [6.45, 7) is 0. The van der Waals surface area contributed by atoms with Crippen LogP contribution in [0.4, 0.5) is 0 Å². The molecule has 0 atom stereocenters. The zero-order valence-corrected chi connectivity index (χ0v) is 9.40. The van der Waals surface area contributed by atoms with Crippen molar-refractivity contribution in [2.45, 2.75) is 0 Å².